The Morgan fingerprint density at radius 3 is 1.01 bits per heavy atom. The molecule has 102 heavy (non-hydrogen) atoms. The van der Waals surface area contributed by atoms with Crippen molar-refractivity contribution in [1.82, 2.24) is 39.0 Å². The second-order valence-corrected chi connectivity index (χ2v) is 27.7. The van der Waals surface area contributed by atoms with Crippen molar-refractivity contribution in [2.45, 2.75) is 0 Å². The van der Waals surface area contributed by atoms with E-state index in [0.717, 1.165) is 82.6 Å². The molecule has 8 aromatic heterocycles. The lowest BCUT2D eigenvalue weighted by molar-refractivity contribution is 0.669. The van der Waals surface area contributed by atoms with E-state index in [-0.39, 0.29) is 0 Å². The summed E-state index contributed by atoms with van der Waals surface area (Å²) >= 11 is 3.66. The van der Waals surface area contributed by atoms with Gasteiger partial charge in [-0.25, -0.2) is 29.9 Å². The predicted molar refractivity (Wildman–Crippen MR) is 421 cm³/mol. The van der Waals surface area contributed by atoms with E-state index in [2.05, 4.69) is 203 Å². The fourth-order valence-corrected chi connectivity index (χ4v) is 17.5. The van der Waals surface area contributed by atoms with Gasteiger partial charge in [0.1, 0.15) is 22.3 Å². The number of furan rings is 2. The van der Waals surface area contributed by atoms with Gasteiger partial charge in [-0.2, -0.15) is 0 Å². The largest absolute Gasteiger partial charge is 0.456 e. The lowest BCUT2D eigenvalue weighted by Crippen LogP contribution is -2.00. The molecule has 0 radical (unpaired) electrons. The zero-order valence-corrected chi connectivity index (χ0v) is 55.9. The van der Waals surface area contributed by atoms with Gasteiger partial charge < -0.3 is 18.0 Å². The first-order chi connectivity index (χ1) is 50.6. The molecular formula is C90H52N8O2S2. The minimum atomic E-state index is 0.604. The summed E-state index contributed by atoms with van der Waals surface area (Å²) in [6, 6.07) is 110. The lowest BCUT2D eigenvalue weighted by Gasteiger charge is -2.09. The minimum Gasteiger partial charge on any atom is -0.456 e. The van der Waals surface area contributed by atoms with Crippen molar-refractivity contribution < 1.29 is 8.83 Å². The highest BCUT2D eigenvalue weighted by atomic mass is 32.1. The standard InChI is InChI=1S/2C45H26N4OS/c1-3-12-27(13-4-1)43-46-44(28-14-5-2-6-15-28)48-45(47-43)29-22-23-32-33-24-25-39-40(41(33)50-38(32)26-29)34-18-11-21-37(42(34)51-39)49-35-19-9-7-16-30(35)31-17-8-10-20-36(31)49;1-3-12-27(13-4-1)43-46-44(28-14-5-2-6-15-28)48-45(47-43)29-22-23-32-38(26-29)50-37-24-25-39-41(40(32)37)33-18-11-21-36(42(33)51-39)49-34-19-9-7-16-30(34)31-17-8-10-20-35(31)49/h2*1-26H. The zero-order chi connectivity index (χ0) is 66.9. The first-order valence-corrected chi connectivity index (χ1v) is 35.5. The lowest BCUT2D eigenvalue weighted by atomic mass is 10.0. The van der Waals surface area contributed by atoms with Gasteiger partial charge in [0.2, 0.25) is 0 Å². The maximum absolute atomic E-state index is 6.82. The van der Waals surface area contributed by atoms with Crippen molar-refractivity contribution in [2.24, 2.45) is 0 Å². The van der Waals surface area contributed by atoms with E-state index < -0.39 is 0 Å². The van der Waals surface area contributed by atoms with Gasteiger partial charge in [-0.05, 0) is 84.9 Å². The van der Waals surface area contributed by atoms with Crippen LogP contribution in [0.5, 0.6) is 0 Å². The molecule has 0 amide bonds. The summed E-state index contributed by atoms with van der Waals surface area (Å²) < 4.78 is 23.2. The number of nitrogens with zero attached hydrogens (tertiary/aromatic N) is 8. The number of hydrogen-bond acceptors (Lipinski definition) is 10. The van der Waals surface area contributed by atoms with Gasteiger partial charge in [0.25, 0.3) is 0 Å². The molecule has 0 aliphatic carbocycles. The quantitative estimate of drug-likeness (QED) is 0.148. The van der Waals surface area contributed by atoms with Gasteiger partial charge in [-0.3, -0.25) is 0 Å². The van der Waals surface area contributed by atoms with Crippen LogP contribution in [0.4, 0.5) is 0 Å². The molecule has 0 bridgehead atoms. The van der Waals surface area contributed by atoms with Crippen LogP contribution in [0.1, 0.15) is 0 Å². The Hall–Kier alpha value is -13.3. The first-order valence-electron chi connectivity index (χ1n) is 33.9. The van der Waals surface area contributed by atoms with Gasteiger partial charge in [-0.15, -0.1) is 22.7 Å². The third-order valence-electron chi connectivity index (χ3n) is 19.7. The summed E-state index contributed by atoms with van der Waals surface area (Å²) in [5.74, 6) is 3.74. The Balaban J connectivity index is 0.000000133. The molecule has 22 aromatic rings. The Kier molecular flexibility index (Phi) is 13.1. The van der Waals surface area contributed by atoms with Gasteiger partial charge in [0, 0.05) is 107 Å². The molecular weight excluding hydrogens is 1290 g/mol. The third kappa shape index (κ3) is 9.24. The van der Waals surface area contributed by atoms with E-state index in [9.17, 15) is 0 Å². The zero-order valence-electron chi connectivity index (χ0n) is 54.2. The molecule has 0 saturated heterocycles. The molecule has 0 N–H and O–H groups in total. The minimum absolute atomic E-state index is 0.604. The average Bonchev–Trinajstić information content (AvgIpc) is 1.57. The number of fused-ring (bicyclic) bond motifs is 20. The summed E-state index contributed by atoms with van der Waals surface area (Å²) in [5, 5.41) is 14.2. The van der Waals surface area contributed by atoms with E-state index in [1.165, 1.54) is 89.9 Å². The summed E-state index contributed by atoms with van der Waals surface area (Å²) in [4.78, 5) is 29.6. The number of para-hydroxylation sites is 4. The molecule has 0 atom stereocenters. The Labute approximate surface area is 589 Å². The predicted octanol–water partition coefficient (Wildman–Crippen LogP) is 24.5. The number of hydrogen-bond donors (Lipinski definition) is 0. The van der Waals surface area contributed by atoms with Crippen molar-refractivity contribution in [3.05, 3.63) is 315 Å². The third-order valence-corrected chi connectivity index (χ3v) is 22.1. The van der Waals surface area contributed by atoms with Crippen LogP contribution in [-0.4, -0.2) is 39.0 Å². The topological polar surface area (TPSA) is 113 Å². The van der Waals surface area contributed by atoms with Gasteiger partial charge in [-0.1, -0.05) is 231 Å². The van der Waals surface area contributed by atoms with Gasteiger partial charge in [0.05, 0.1) is 42.8 Å². The van der Waals surface area contributed by atoms with Crippen LogP contribution < -0.4 is 0 Å². The Morgan fingerprint density at radius 1 is 0.225 bits per heavy atom. The van der Waals surface area contributed by atoms with Crippen LogP contribution >= 0.6 is 22.7 Å². The van der Waals surface area contributed by atoms with Crippen LogP contribution in [0.15, 0.2) is 324 Å². The molecule has 8 heterocycles. The van der Waals surface area contributed by atoms with Crippen LogP contribution in [0.25, 0.3) is 208 Å². The normalized spacial score (nSPS) is 11.9. The Morgan fingerprint density at radius 2 is 0.569 bits per heavy atom. The van der Waals surface area contributed by atoms with Crippen molar-refractivity contribution in [2.75, 3.05) is 0 Å². The van der Waals surface area contributed by atoms with E-state index in [1.54, 1.807) is 0 Å². The smallest absolute Gasteiger partial charge is 0.164 e. The number of aromatic nitrogens is 8. The van der Waals surface area contributed by atoms with Crippen molar-refractivity contribution >= 4 is 151 Å². The molecule has 0 aliphatic rings. The fraction of sp³-hybridized carbons (Fsp3) is 0. The highest BCUT2D eigenvalue weighted by Crippen LogP contribution is 2.48. The highest BCUT2D eigenvalue weighted by molar-refractivity contribution is 7.27. The molecule has 0 fully saturated rings. The van der Waals surface area contributed by atoms with E-state index in [1.807, 2.05) is 144 Å². The molecule has 0 aliphatic heterocycles. The molecule has 14 aromatic carbocycles. The highest BCUT2D eigenvalue weighted by Gasteiger charge is 2.24. The van der Waals surface area contributed by atoms with Crippen molar-refractivity contribution in [1.29, 1.82) is 0 Å². The fourth-order valence-electron chi connectivity index (χ4n) is 15.1. The van der Waals surface area contributed by atoms with Crippen LogP contribution in [0.3, 0.4) is 0 Å². The second-order valence-electron chi connectivity index (χ2n) is 25.6. The SMILES string of the molecule is c1ccc(-c2nc(-c3ccccc3)nc(-c3ccc4c(c3)oc3c4ccc4sc5c(-n6c7ccccc7c7ccccc76)cccc5c43)n2)cc1.c1ccc(-c2nc(-c3ccccc3)nc(-c3ccc4c(c3)oc3ccc5sc6c(-n7c8ccccc8c8ccccc87)cccc6c5c34)n2)cc1. The maximum atomic E-state index is 6.82. The molecule has 476 valence electrons. The molecule has 0 saturated carbocycles. The number of benzene rings is 14. The molecule has 0 unspecified atom stereocenters. The average molecular weight is 1340 g/mol. The van der Waals surface area contributed by atoms with Crippen LogP contribution in [-0.2, 0) is 0 Å². The Bertz CT molecular complexity index is 6780. The monoisotopic (exact) mass is 1340 g/mol. The molecule has 10 nitrogen and oxygen atoms in total. The summed E-state index contributed by atoms with van der Waals surface area (Å²) in [5.41, 5.74) is 16.1. The van der Waals surface area contributed by atoms with Crippen LogP contribution in [0, 0.1) is 0 Å². The van der Waals surface area contributed by atoms with E-state index in [0.29, 0.717) is 34.9 Å². The van der Waals surface area contributed by atoms with E-state index in [4.69, 9.17) is 38.7 Å². The first kappa shape index (κ1) is 57.8. The van der Waals surface area contributed by atoms with Crippen LogP contribution in [0.2, 0.25) is 0 Å². The summed E-state index contributed by atoms with van der Waals surface area (Å²) in [6.07, 6.45) is 0. The van der Waals surface area contributed by atoms with Crippen molar-refractivity contribution in [3.63, 3.8) is 0 Å². The number of thiophene rings is 2. The summed E-state index contributed by atoms with van der Waals surface area (Å²) in [7, 11) is 0. The second kappa shape index (κ2) is 23.2. The number of rotatable bonds is 8. The summed E-state index contributed by atoms with van der Waals surface area (Å²) in [6.45, 7) is 0. The molecule has 22 rings (SSSR count). The maximum Gasteiger partial charge on any atom is 0.164 e. The van der Waals surface area contributed by atoms with Gasteiger partial charge in [0.15, 0.2) is 34.9 Å². The van der Waals surface area contributed by atoms with E-state index >= 15 is 0 Å². The van der Waals surface area contributed by atoms with Gasteiger partial charge >= 0.3 is 0 Å². The molecule has 12 heteroatoms. The molecule has 0 spiro atoms. The van der Waals surface area contributed by atoms with Crippen molar-refractivity contribution in [3.8, 4) is 79.7 Å².